The molecule has 1 atom stereocenters. The minimum atomic E-state index is -0.502. The van der Waals surface area contributed by atoms with Gasteiger partial charge < -0.3 is 10.5 Å². The summed E-state index contributed by atoms with van der Waals surface area (Å²) in [6.45, 7) is 1.11. The molecule has 146 valence electrons. The van der Waals surface area contributed by atoms with Crippen molar-refractivity contribution in [1.29, 1.82) is 5.26 Å². The van der Waals surface area contributed by atoms with Crippen molar-refractivity contribution in [2.75, 3.05) is 20.1 Å². The second-order valence-electron chi connectivity index (χ2n) is 7.23. The summed E-state index contributed by atoms with van der Waals surface area (Å²) in [4.78, 5) is 2.07. The fourth-order valence-corrected chi connectivity index (χ4v) is 3.90. The van der Waals surface area contributed by atoms with E-state index in [-0.39, 0.29) is 23.1 Å². The van der Waals surface area contributed by atoms with Gasteiger partial charge in [0.2, 0.25) is 5.88 Å². The van der Waals surface area contributed by atoms with E-state index in [4.69, 9.17) is 10.5 Å². The van der Waals surface area contributed by atoms with Crippen LogP contribution in [0.1, 0.15) is 17.0 Å². The van der Waals surface area contributed by atoms with Gasteiger partial charge in [-0.3, -0.25) is 4.90 Å². The van der Waals surface area contributed by atoms with Gasteiger partial charge in [-0.25, -0.2) is 8.78 Å². The highest BCUT2D eigenvalue weighted by Gasteiger charge is 2.37. The number of nitrogens with zero attached hydrogens (tertiary/aromatic N) is 2. The number of nitrogens with two attached hydrogens (primary N) is 1. The maximum Gasteiger partial charge on any atom is 0.205 e. The van der Waals surface area contributed by atoms with Crippen LogP contribution in [0.15, 0.2) is 76.9 Å². The molecule has 0 aliphatic carbocycles. The molecule has 6 heteroatoms. The highest BCUT2D eigenvalue weighted by atomic mass is 19.1. The van der Waals surface area contributed by atoms with E-state index >= 15 is 0 Å². The molecule has 0 aromatic heterocycles. The molecule has 2 aromatic carbocycles. The molecule has 0 spiro atoms. The standard InChI is InChI=1S/C23H19F2N3O/c1-28-12-16(8-14-4-2-6-17(24)9-14)22-20(13-28)21(19(11-26)23(27)29-22)15-5-3-7-18(25)10-15/h2-10,21H,12-13,27H2,1H3/b16-8+/t21-/m0/s1. The van der Waals surface area contributed by atoms with Gasteiger partial charge in [0.1, 0.15) is 29.0 Å². The molecule has 2 N–H and O–H groups in total. The molecule has 0 radical (unpaired) electrons. The van der Waals surface area contributed by atoms with Crippen LogP contribution >= 0.6 is 0 Å². The summed E-state index contributed by atoms with van der Waals surface area (Å²) in [6.07, 6.45) is 1.85. The van der Waals surface area contributed by atoms with Crippen LogP contribution in [-0.4, -0.2) is 25.0 Å². The monoisotopic (exact) mass is 391 g/mol. The van der Waals surface area contributed by atoms with Crippen LogP contribution < -0.4 is 5.73 Å². The van der Waals surface area contributed by atoms with Gasteiger partial charge >= 0.3 is 0 Å². The number of likely N-dealkylation sites (N-methyl/N-ethyl adjacent to an activating group) is 1. The van der Waals surface area contributed by atoms with Crippen LogP contribution in [0.5, 0.6) is 0 Å². The molecule has 2 aromatic rings. The maximum absolute atomic E-state index is 13.9. The summed E-state index contributed by atoms with van der Waals surface area (Å²) >= 11 is 0. The van der Waals surface area contributed by atoms with E-state index in [1.54, 1.807) is 24.3 Å². The molecule has 0 saturated heterocycles. The second-order valence-corrected chi connectivity index (χ2v) is 7.23. The Bertz CT molecular complexity index is 1110. The van der Waals surface area contributed by atoms with Crippen molar-refractivity contribution in [3.05, 3.63) is 99.7 Å². The van der Waals surface area contributed by atoms with Crippen molar-refractivity contribution in [2.24, 2.45) is 5.73 Å². The normalized spacial score (nSPS) is 21.0. The lowest BCUT2D eigenvalue weighted by Crippen LogP contribution is -2.36. The average molecular weight is 391 g/mol. The van der Waals surface area contributed by atoms with Crippen molar-refractivity contribution >= 4 is 6.08 Å². The predicted octanol–water partition coefficient (Wildman–Crippen LogP) is 4.06. The Balaban J connectivity index is 1.88. The lowest BCUT2D eigenvalue weighted by molar-refractivity contribution is 0.251. The van der Waals surface area contributed by atoms with E-state index in [0.29, 0.717) is 30.0 Å². The number of nitriles is 1. The van der Waals surface area contributed by atoms with E-state index in [2.05, 4.69) is 11.0 Å². The largest absolute Gasteiger partial charge is 0.440 e. The first-order valence-corrected chi connectivity index (χ1v) is 9.17. The Morgan fingerprint density at radius 3 is 2.55 bits per heavy atom. The zero-order valence-electron chi connectivity index (χ0n) is 15.8. The van der Waals surface area contributed by atoms with Gasteiger partial charge in [0.05, 0.1) is 5.92 Å². The van der Waals surface area contributed by atoms with Crippen LogP contribution in [0.4, 0.5) is 8.78 Å². The first-order chi connectivity index (χ1) is 14.0. The van der Waals surface area contributed by atoms with Crippen LogP contribution in [0.25, 0.3) is 6.08 Å². The van der Waals surface area contributed by atoms with Crippen LogP contribution in [0.3, 0.4) is 0 Å². The molecule has 0 fully saturated rings. The molecule has 2 aliphatic heterocycles. The Morgan fingerprint density at radius 1 is 1.14 bits per heavy atom. The number of ether oxygens (including phenoxy) is 1. The summed E-state index contributed by atoms with van der Waals surface area (Å²) in [7, 11) is 1.94. The molecular formula is C23H19F2N3O. The highest BCUT2D eigenvalue weighted by molar-refractivity contribution is 5.63. The lowest BCUT2D eigenvalue weighted by Gasteiger charge is -2.36. The Kier molecular flexibility index (Phi) is 4.91. The van der Waals surface area contributed by atoms with Crippen molar-refractivity contribution in [2.45, 2.75) is 5.92 Å². The van der Waals surface area contributed by atoms with Gasteiger partial charge in [0.25, 0.3) is 0 Å². The van der Waals surface area contributed by atoms with E-state index in [0.717, 1.165) is 11.1 Å². The summed E-state index contributed by atoms with van der Waals surface area (Å²) in [6, 6.07) is 14.6. The summed E-state index contributed by atoms with van der Waals surface area (Å²) in [5.41, 5.74) is 9.33. The maximum atomic E-state index is 13.9. The van der Waals surface area contributed by atoms with E-state index in [1.165, 1.54) is 24.3 Å². The second kappa shape index (κ2) is 7.53. The van der Waals surface area contributed by atoms with Gasteiger partial charge in [-0.15, -0.1) is 0 Å². The predicted molar refractivity (Wildman–Crippen MR) is 106 cm³/mol. The number of halogens is 2. The molecule has 4 rings (SSSR count). The molecule has 0 saturated carbocycles. The minimum absolute atomic E-state index is 0.00945. The van der Waals surface area contributed by atoms with Crippen molar-refractivity contribution in [1.82, 2.24) is 4.90 Å². The Labute approximate surface area is 167 Å². The van der Waals surface area contributed by atoms with Crippen LogP contribution in [-0.2, 0) is 4.74 Å². The van der Waals surface area contributed by atoms with Crippen molar-refractivity contribution < 1.29 is 13.5 Å². The first-order valence-electron chi connectivity index (χ1n) is 9.17. The molecule has 0 amide bonds. The van der Waals surface area contributed by atoms with Crippen molar-refractivity contribution in [3.8, 4) is 6.07 Å². The molecular weight excluding hydrogens is 372 g/mol. The average Bonchev–Trinajstić information content (AvgIpc) is 2.67. The number of benzene rings is 2. The quantitative estimate of drug-likeness (QED) is 0.839. The number of hydrogen-bond donors (Lipinski definition) is 1. The lowest BCUT2D eigenvalue weighted by atomic mass is 9.80. The molecule has 2 heterocycles. The zero-order valence-corrected chi connectivity index (χ0v) is 15.8. The number of rotatable bonds is 2. The molecule has 0 unspecified atom stereocenters. The molecule has 0 bridgehead atoms. The van der Waals surface area contributed by atoms with Gasteiger partial charge in [-0.05, 0) is 54.1 Å². The van der Waals surface area contributed by atoms with Gasteiger partial charge in [0, 0.05) is 18.7 Å². The van der Waals surface area contributed by atoms with Gasteiger partial charge in [-0.1, -0.05) is 24.3 Å². The fraction of sp³-hybridized carbons (Fsp3) is 0.174. The summed E-state index contributed by atoms with van der Waals surface area (Å²) in [5, 5.41) is 9.70. The SMILES string of the molecule is CN1CC2=C(OC(N)=C(C#N)[C@@H]2c2cccc(F)c2)/C(=C/c2cccc(F)c2)C1. The first kappa shape index (κ1) is 18.9. The van der Waals surface area contributed by atoms with Crippen LogP contribution in [0, 0.1) is 23.0 Å². The highest BCUT2D eigenvalue weighted by Crippen LogP contribution is 2.43. The van der Waals surface area contributed by atoms with E-state index < -0.39 is 5.92 Å². The van der Waals surface area contributed by atoms with Gasteiger partial charge in [0.15, 0.2) is 0 Å². The van der Waals surface area contributed by atoms with E-state index in [1.807, 2.05) is 13.1 Å². The minimum Gasteiger partial charge on any atom is -0.440 e. The Morgan fingerprint density at radius 2 is 1.86 bits per heavy atom. The number of hydrogen-bond acceptors (Lipinski definition) is 4. The van der Waals surface area contributed by atoms with Crippen molar-refractivity contribution in [3.63, 3.8) is 0 Å². The smallest absolute Gasteiger partial charge is 0.205 e. The number of allylic oxidation sites excluding steroid dienone is 1. The molecule has 4 nitrogen and oxygen atoms in total. The van der Waals surface area contributed by atoms with E-state index in [9.17, 15) is 14.0 Å². The fourth-order valence-electron chi connectivity index (χ4n) is 3.90. The molecule has 29 heavy (non-hydrogen) atoms. The van der Waals surface area contributed by atoms with Gasteiger partial charge in [-0.2, -0.15) is 5.26 Å². The third kappa shape index (κ3) is 3.65. The topological polar surface area (TPSA) is 62.3 Å². The molecule has 2 aliphatic rings. The van der Waals surface area contributed by atoms with Crippen LogP contribution in [0.2, 0.25) is 0 Å². The summed E-state index contributed by atoms with van der Waals surface area (Å²) < 4.78 is 33.4. The third-order valence-corrected chi connectivity index (χ3v) is 5.07. The Hall–Kier alpha value is -3.43. The summed E-state index contributed by atoms with van der Waals surface area (Å²) in [5.74, 6) is -0.635. The zero-order chi connectivity index (χ0) is 20.5. The third-order valence-electron chi connectivity index (χ3n) is 5.07.